The van der Waals surface area contributed by atoms with E-state index in [1.54, 1.807) is 6.92 Å². The molecule has 0 unspecified atom stereocenters. The molecule has 0 spiro atoms. The number of rotatable bonds is 4. The first-order chi connectivity index (χ1) is 6.58. The van der Waals surface area contributed by atoms with Gasteiger partial charge in [0.2, 0.25) is 0 Å². The Bertz CT molecular complexity index is 195. The molecule has 1 rings (SSSR count). The van der Waals surface area contributed by atoms with Gasteiger partial charge in [-0.05, 0) is 38.8 Å². The molecule has 14 heavy (non-hydrogen) atoms. The Morgan fingerprint density at radius 2 is 1.93 bits per heavy atom. The summed E-state index contributed by atoms with van der Waals surface area (Å²) in [5, 5.41) is 8.61. The largest absolute Gasteiger partial charge is 0.481 e. The Balaban J connectivity index is 2.24. The van der Waals surface area contributed by atoms with Gasteiger partial charge in [-0.3, -0.25) is 14.5 Å². The molecule has 0 atom stereocenters. The fraction of sp³-hybridized carbons (Fsp3) is 0.800. The van der Waals surface area contributed by atoms with Crippen molar-refractivity contribution in [2.75, 3.05) is 19.6 Å². The number of piperidine rings is 1. The Hall–Kier alpha value is -0.900. The number of carbonyl (C=O) groups is 2. The standard InChI is InChI=1S/C10H17NO3/c1-8(12)7-11-4-2-9(3-5-11)6-10(13)14/h9H,2-7H2,1H3,(H,13,14). The first-order valence-electron chi connectivity index (χ1n) is 5.01. The van der Waals surface area contributed by atoms with Crippen LogP contribution >= 0.6 is 0 Å². The van der Waals surface area contributed by atoms with Crippen molar-refractivity contribution < 1.29 is 14.7 Å². The van der Waals surface area contributed by atoms with E-state index >= 15 is 0 Å². The molecule has 4 heteroatoms. The zero-order chi connectivity index (χ0) is 10.6. The van der Waals surface area contributed by atoms with Crippen molar-refractivity contribution >= 4 is 11.8 Å². The molecule has 0 aromatic carbocycles. The highest BCUT2D eigenvalue weighted by Gasteiger charge is 2.21. The zero-order valence-corrected chi connectivity index (χ0v) is 8.53. The van der Waals surface area contributed by atoms with Crippen molar-refractivity contribution in [2.45, 2.75) is 26.2 Å². The fourth-order valence-corrected chi connectivity index (χ4v) is 1.91. The maximum absolute atomic E-state index is 10.8. The topological polar surface area (TPSA) is 57.6 Å². The first-order valence-corrected chi connectivity index (χ1v) is 5.01. The number of hydrogen-bond donors (Lipinski definition) is 1. The van der Waals surface area contributed by atoms with Crippen LogP contribution in [0.25, 0.3) is 0 Å². The second-order valence-electron chi connectivity index (χ2n) is 4.02. The van der Waals surface area contributed by atoms with Crippen molar-refractivity contribution in [3.05, 3.63) is 0 Å². The Morgan fingerprint density at radius 1 is 1.36 bits per heavy atom. The third-order valence-electron chi connectivity index (χ3n) is 2.62. The van der Waals surface area contributed by atoms with Crippen molar-refractivity contribution in [1.82, 2.24) is 4.90 Å². The number of carboxylic acid groups (broad SMARTS) is 1. The van der Waals surface area contributed by atoms with Crippen LogP contribution in [0.2, 0.25) is 0 Å². The maximum Gasteiger partial charge on any atom is 0.303 e. The second kappa shape index (κ2) is 5.10. The third-order valence-corrected chi connectivity index (χ3v) is 2.62. The van der Waals surface area contributed by atoms with E-state index in [2.05, 4.69) is 4.90 Å². The molecular formula is C10H17NO3. The Kier molecular flexibility index (Phi) is 4.07. The lowest BCUT2D eigenvalue weighted by Gasteiger charge is -2.30. The molecule has 1 saturated heterocycles. The SMILES string of the molecule is CC(=O)CN1CCC(CC(=O)O)CC1. The number of Topliss-reactive ketones (excluding diaryl/α,β-unsaturated/α-hetero) is 1. The molecule has 0 bridgehead atoms. The summed E-state index contributed by atoms with van der Waals surface area (Å²) in [4.78, 5) is 23.4. The molecule has 0 aromatic heterocycles. The molecule has 1 aliphatic heterocycles. The molecule has 0 aromatic rings. The van der Waals surface area contributed by atoms with E-state index in [1.165, 1.54) is 0 Å². The number of carbonyl (C=O) groups excluding carboxylic acids is 1. The lowest BCUT2D eigenvalue weighted by Crippen LogP contribution is -2.37. The van der Waals surface area contributed by atoms with Gasteiger partial charge in [-0.2, -0.15) is 0 Å². The highest BCUT2D eigenvalue weighted by molar-refractivity contribution is 5.77. The van der Waals surface area contributed by atoms with Crippen LogP contribution in [-0.4, -0.2) is 41.4 Å². The minimum absolute atomic E-state index is 0.182. The summed E-state index contributed by atoms with van der Waals surface area (Å²) in [6.45, 7) is 3.82. The van der Waals surface area contributed by atoms with Crippen LogP contribution < -0.4 is 0 Å². The van der Waals surface area contributed by atoms with E-state index in [0.717, 1.165) is 25.9 Å². The first kappa shape index (κ1) is 11.2. The molecule has 1 fully saturated rings. The molecule has 0 aliphatic carbocycles. The normalized spacial score (nSPS) is 19.5. The van der Waals surface area contributed by atoms with Crippen LogP contribution in [0.4, 0.5) is 0 Å². The summed E-state index contributed by atoms with van der Waals surface area (Å²) in [7, 11) is 0. The van der Waals surface area contributed by atoms with E-state index in [1.807, 2.05) is 0 Å². The summed E-state index contributed by atoms with van der Waals surface area (Å²) in [6.07, 6.45) is 2.08. The van der Waals surface area contributed by atoms with Crippen molar-refractivity contribution in [3.8, 4) is 0 Å². The third kappa shape index (κ3) is 3.87. The van der Waals surface area contributed by atoms with Crippen LogP contribution in [0, 0.1) is 5.92 Å². The number of likely N-dealkylation sites (tertiary alicyclic amines) is 1. The number of hydrogen-bond acceptors (Lipinski definition) is 3. The monoisotopic (exact) mass is 199 g/mol. The highest BCUT2D eigenvalue weighted by Crippen LogP contribution is 2.19. The number of carboxylic acids is 1. The smallest absolute Gasteiger partial charge is 0.303 e. The molecule has 4 nitrogen and oxygen atoms in total. The van der Waals surface area contributed by atoms with E-state index in [-0.39, 0.29) is 12.2 Å². The molecule has 1 N–H and O–H groups in total. The maximum atomic E-state index is 10.8. The molecule has 0 amide bonds. The minimum atomic E-state index is -0.713. The number of nitrogens with zero attached hydrogens (tertiary/aromatic N) is 1. The van der Waals surface area contributed by atoms with Gasteiger partial charge in [-0.25, -0.2) is 0 Å². The van der Waals surface area contributed by atoms with E-state index in [0.29, 0.717) is 12.5 Å². The van der Waals surface area contributed by atoms with Crippen LogP contribution in [0.5, 0.6) is 0 Å². The predicted octanol–water partition coefficient (Wildman–Crippen LogP) is 0.762. The average molecular weight is 199 g/mol. The quantitative estimate of drug-likeness (QED) is 0.726. The predicted molar refractivity (Wildman–Crippen MR) is 52.1 cm³/mol. The molecule has 0 radical (unpaired) electrons. The average Bonchev–Trinajstić information content (AvgIpc) is 2.06. The van der Waals surface area contributed by atoms with Crippen LogP contribution in [0.15, 0.2) is 0 Å². The van der Waals surface area contributed by atoms with Gasteiger partial charge in [0.05, 0.1) is 6.54 Å². The van der Waals surface area contributed by atoms with Gasteiger partial charge < -0.3 is 5.11 Å². The number of aliphatic carboxylic acids is 1. The van der Waals surface area contributed by atoms with Crippen LogP contribution in [-0.2, 0) is 9.59 Å². The van der Waals surface area contributed by atoms with Gasteiger partial charge in [0, 0.05) is 6.42 Å². The van der Waals surface area contributed by atoms with Gasteiger partial charge in [0.1, 0.15) is 5.78 Å². The summed E-state index contributed by atoms with van der Waals surface area (Å²) in [5.74, 6) is -0.229. The van der Waals surface area contributed by atoms with Crippen LogP contribution in [0.3, 0.4) is 0 Å². The van der Waals surface area contributed by atoms with Crippen molar-refractivity contribution in [2.24, 2.45) is 5.92 Å². The lowest BCUT2D eigenvalue weighted by molar-refractivity contribution is -0.138. The summed E-state index contributed by atoms with van der Waals surface area (Å²) in [5.41, 5.74) is 0. The van der Waals surface area contributed by atoms with Crippen molar-refractivity contribution in [3.63, 3.8) is 0 Å². The zero-order valence-electron chi connectivity index (χ0n) is 8.53. The lowest BCUT2D eigenvalue weighted by atomic mass is 9.93. The van der Waals surface area contributed by atoms with Crippen molar-refractivity contribution in [1.29, 1.82) is 0 Å². The number of ketones is 1. The molecule has 1 aliphatic rings. The fourth-order valence-electron chi connectivity index (χ4n) is 1.91. The van der Waals surface area contributed by atoms with E-state index in [9.17, 15) is 9.59 Å². The minimum Gasteiger partial charge on any atom is -0.481 e. The van der Waals surface area contributed by atoms with Gasteiger partial charge >= 0.3 is 5.97 Å². The Labute approximate surface area is 83.9 Å². The molecule has 1 heterocycles. The molecule has 80 valence electrons. The van der Waals surface area contributed by atoms with E-state index < -0.39 is 5.97 Å². The van der Waals surface area contributed by atoms with Gasteiger partial charge in [-0.1, -0.05) is 0 Å². The highest BCUT2D eigenvalue weighted by atomic mass is 16.4. The Morgan fingerprint density at radius 3 is 2.36 bits per heavy atom. The van der Waals surface area contributed by atoms with Gasteiger partial charge in [0.15, 0.2) is 0 Å². The summed E-state index contributed by atoms with van der Waals surface area (Å²) in [6, 6.07) is 0. The summed E-state index contributed by atoms with van der Waals surface area (Å²) < 4.78 is 0. The summed E-state index contributed by atoms with van der Waals surface area (Å²) >= 11 is 0. The van der Waals surface area contributed by atoms with Gasteiger partial charge in [-0.15, -0.1) is 0 Å². The molecule has 0 saturated carbocycles. The van der Waals surface area contributed by atoms with Gasteiger partial charge in [0.25, 0.3) is 0 Å². The van der Waals surface area contributed by atoms with E-state index in [4.69, 9.17) is 5.11 Å². The van der Waals surface area contributed by atoms with Crippen LogP contribution in [0.1, 0.15) is 26.2 Å². The molecular weight excluding hydrogens is 182 g/mol. The second-order valence-corrected chi connectivity index (χ2v) is 4.02.